The first-order valence-corrected chi connectivity index (χ1v) is 10.2. The number of aromatic nitrogens is 4. The van der Waals surface area contributed by atoms with E-state index < -0.39 is 28.7 Å². The Morgan fingerprint density at radius 3 is 2.67 bits per heavy atom. The molecule has 0 saturated carbocycles. The number of alkyl halides is 2. The quantitative estimate of drug-likeness (QED) is 0.248. The number of anilines is 1. The van der Waals surface area contributed by atoms with Crippen LogP contribution in [0, 0.1) is 10.1 Å². The molecule has 0 radical (unpaired) electrons. The molecule has 0 spiro atoms. The minimum absolute atomic E-state index is 0.0529. The maximum Gasteiger partial charge on any atom is 0.294 e. The zero-order chi connectivity index (χ0) is 23.5. The summed E-state index contributed by atoms with van der Waals surface area (Å²) < 4.78 is 27.7. The van der Waals surface area contributed by atoms with E-state index in [4.69, 9.17) is 0 Å². The van der Waals surface area contributed by atoms with Crippen LogP contribution in [0.5, 0.6) is 0 Å². The maximum atomic E-state index is 12.8. The van der Waals surface area contributed by atoms with Crippen LogP contribution in [0.15, 0.2) is 70.7 Å². The van der Waals surface area contributed by atoms with Crippen molar-refractivity contribution in [1.82, 2.24) is 19.3 Å². The van der Waals surface area contributed by atoms with Crippen LogP contribution in [0.2, 0.25) is 0 Å². The summed E-state index contributed by atoms with van der Waals surface area (Å²) >= 11 is 0.294. The van der Waals surface area contributed by atoms with Gasteiger partial charge in [0, 0.05) is 11.0 Å². The molecule has 0 aliphatic rings. The van der Waals surface area contributed by atoms with Gasteiger partial charge in [0.25, 0.3) is 17.0 Å². The summed E-state index contributed by atoms with van der Waals surface area (Å²) in [5.41, 5.74) is -0.389. The summed E-state index contributed by atoms with van der Waals surface area (Å²) in [6.45, 7) is -0.424. The van der Waals surface area contributed by atoms with Crippen molar-refractivity contribution in [2.24, 2.45) is 0 Å². The summed E-state index contributed by atoms with van der Waals surface area (Å²) in [7, 11) is 0. The number of carbonyl (C=O) groups is 1. The molecule has 2 heterocycles. The van der Waals surface area contributed by atoms with Crippen molar-refractivity contribution in [3.05, 3.63) is 81.5 Å². The molecule has 1 amide bonds. The third-order valence-corrected chi connectivity index (χ3v) is 5.34. The number of rotatable bonds is 7. The van der Waals surface area contributed by atoms with Crippen LogP contribution in [0.3, 0.4) is 0 Å². The van der Waals surface area contributed by atoms with E-state index >= 15 is 0 Å². The van der Waals surface area contributed by atoms with Gasteiger partial charge in [0.05, 0.1) is 16.8 Å². The van der Waals surface area contributed by atoms with Gasteiger partial charge in [-0.3, -0.25) is 24.3 Å². The molecule has 1 N–H and O–H groups in total. The predicted molar refractivity (Wildman–Crippen MR) is 117 cm³/mol. The van der Waals surface area contributed by atoms with Crippen molar-refractivity contribution >= 4 is 40.1 Å². The van der Waals surface area contributed by atoms with E-state index in [0.717, 1.165) is 10.9 Å². The summed E-state index contributed by atoms with van der Waals surface area (Å²) in [5.74, 6) is -3.28. The number of nitrogens with zero attached hydrogens (tertiary/aromatic N) is 5. The van der Waals surface area contributed by atoms with Gasteiger partial charge in [-0.05, 0) is 18.2 Å². The van der Waals surface area contributed by atoms with E-state index in [1.54, 1.807) is 18.2 Å². The molecule has 0 aliphatic heterocycles. The molecule has 2 aromatic carbocycles. The minimum Gasteiger partial charge on any atom is -0.324 e. The van der Waals surface area contributed by atoms with Gasteiger partial charge in [-0.25, -0.2) is 9.67 Å². The van der Waals surface area contributed by atoms with Gasteiger partial charge in [-0.2, -0.15) is 13.9 Å². The minimum atomic E-state index is -2.66. The lowest BCUT2D eigenvalue weighted by Gasteiger charge is -2.11. The zero-order valence-electron chi connectivity index (χ0n) is 16.6. The van der Waals surface area contributed by atoms with Crippen LogP contribution in [-0.2, 0) is 11.3 Å². The van der Waals surface area contributed by atoms with Crippen LogP contribution >= 0.6 is 11.8 Å². The van der Waals surface area contributed by atoms with Gasteiger partial charge in [0.2, 0.25) is 5.91 Å². The molecule has 0 atom stereocenters. The average Bonchev–Trinajstić information content (AvgIpc) is 3.21. The Morgan fingerprint density at radius 2 is 1.91 bits per heavy atom. The average molecular weight is 472 g/mol. The lowest BCUT2D eigenvalue weighted by molar-refractivity contribution is -0.384. The van der Waals surface area contributed by atoms with Crippen LogP contribution < -0.4 is 10.9 Å². The number of nitro benzene ring substituents is 1. The second-order valence-corrected chi connectivity index (χ2v) is 7.67. The molecule has 0 unspecified atom stereocenters. The predicted octanol–water partition coefficient (Wildman–Crippen LogP) is 3.44. The Bertz CT molecular complexity index is 1420. The van der Waals surface area contributed by atoms with Crippen LogP contribution in [0.4, 0.5) is 20.2 Å². The first-order chi connectivity index (χ1) is 15.8. The van der Waals surface area contributed by atoms with E-state index in [1.807, 2.05) is 0 Å². The number of hydrogen-bond donors (Lipinski definition) is 1. The number of para-hydroxylation sites is 3. The molecule has 0 aliphatic carbocycles. The van der Waals surface area contributed by atoms with Crippen LogP contribution in [0.1, 0.15) is 0 Å². The van der Waals surface area contributed by atoms with E-state index in [0.29, 0.717) is 11.8 Å². The molecule has 13 heteroatoms. The SMILES string of the molecule is O=C(Cn1cnc2c(cnn2-c2ccccc2[N+](=O)[O-])c1=O)Nc1ccccc1SC(F)F. The molecule has 2 aromatic heterocycles. The van der Waals surface area contributed by atoms with Crippen molar-refractivity contribution in [2.45, 2.75) is 17.2 Å². The number of carbonyl (C=O) groups excluding carboxylic acids is 1. The highest BCUT2D eigenvalue weighted by molar-refractivity contribution is 7.99. The molecular formula is C20H14F2N6O4S. The van der Waals surface area contributed by atoms with E-state index in [2.05, 4.69) is 15.4 Å². The Morgan fingerprint density at radius 1 is 1.18 bits per heavy atom. The third kappa shape index (κ3) is 4.57. The summed E-state index contributed by atoms with van der Waals surface area (Å²) in [5, 5.41) is 17.9. The van der Waals surface area contributed by atoms with Gasteiger partial charge in [0.1, 0.15) is 23.9 Å². The summed E-state index contributed by atoms with van der Waals surface area (Å²) in [6, 6.07) is 11.9. The number of nitro groups is 1. The molecule has 10 nitrogen and oxygen atoms in total. The maximum absolute atomic E-state index is 12.8. The monoisotopic (exact) mass is 472 g/mol. The smallest absolute Gasteiger partial charge is 0.294 e. The molecule has 4 rings (SSSR count). The van der Waals surface area contributed by atoms with E-state index in [1.165, 1.54) is 41.2 Å². The Kier molecular flexibility index (Phi) is 6.13. The topological polar surface area (TPSA) is 125 Å². The first kappa shape index (κ1) is 22.1. The number of hydrogen-bond acceptors (Lipinski definition) is 7. The van der Waals surface area contributed by atoms with Gasteiger partial charge in [-0.15, -0.1) is 0 Å². The number of halogens is 2. The van der Waals surface area contributed by atoms with E-state index in [-0.39, 0.29) is 33.0 Å². The number of thioether (sulfide) groups is 1. The summed E-state index contributed by atoms with van der Waals surface area (Å²) in [4.78, 5) is 40.4. The van der Waals surface area contributed by atoms with Gasteiger partial charge < -0.3 is 5.32 Å². The highest BCUT2D eigenvalue weighted by atomic mass is 32.2. The fraction of sp³-hybridized carbons (Fsp3) is 0.100. The Labute approximate surface area is 188 Å². The number of amides is 1. The second-order valence-electron chi connectivity index (χ2n) is 6.64. The highest BCUT2D eigenvalue weighted by Gasteiger charge is 2.20. The zero-order valence-corrected chi connectivity index (χ0v) is 17.4. The summed E-state index contributed by atoms with van der Waals surface area (Å²) in [6.07, 6.45) is 2.33. The van der Waals surface area contributed by atoms with Crippen molar-refractivity contribution in [1.29, 1.82) is 0 Å². The largest absolute Gasteiger partial charge is 0.324 e. The van der Waals surface area contributed by atoms with E-state index in [9.17, 15) is 28.5 Å². The molecule has 0 saturated heterocycles. The number of fused-ring (bicyclic) bond motifs is 1. The first-order valence-electron chi connectivity index (χ1n) is 9.36. The lowest BCUT2D eigenvalue weighted by atomic mass is 10.2. The second kappa shape index (κ2) is 9.16. The van der Waals surface area contributed by atoms with Crippen molar-refractivity contribution in [3.63, 3.8) is 0 Å². The van der Waals surface area contributed by atoms with Gasteiger partial charge in [-0.1, -0.05) is 36.0 Å². The van der Waals surface area contributed by atoms with Crippen molar-refractivity contribution in [2.75, 3.05) is 5.32 Å². The molecule has 0 fully saturated rings. The van der Waals surface area contributed by atoms with Crippen molar-refractivity contribution < 1.29 is 18.5 Å². The highest BCUT2D eigenvalue weighted by Crippen LogP contribution is 2.31. The van der Waals surface area contributed by atoms with Crippen molar-refractivity contribution in [3.8, 4) is 5.69 Å². The van der Waals surface area contributed by atoms with Gasteiger partial charge >= 0.3 is 0 Å². The van der Waals surface area contributed by atoms with Crippen LogP contribution in [0.25, 0.3) is 16.7 Å². The molecular weight excluding hydrogens is 458 g/mol. The fourth-order valence-corrected chi connectivity index (χ4v) is 3.74. The Balaban J connectivity index is 1.61. The molecule has 0 bridgehead atoms. The molecule has 168 valence electrons. The standard InChI is InChI=1S/C20H14F2N6O4S/c21-20(22)33-16-8-4-1-5-13(16)25-17(29)10-26-11-23-18-12(19(26)30)9-24-27(18)14-6-2-3-7-15(14)28(31)32/h1-9,11,20H,10H2,(H,25,29). The number of nitrogens with one attached hydrogen (secondary N) is 1. The molecule has 33 heavy (non-hydrogen) atoms. The normalized spacial score (nSPS) is 11.1. The Hall–Kier alpha value is -4.13. The van der Waals surface area contributed by atoms with Gasteiger partial charge in [0.15, 0.2) is 5.65 Å². The third-order valence-electron chi connectivity index (χ3n) is 4.55. The number of benzene rings is 2. The lowest BCUT2D eigenvalue weighted by Crippen LogP contribution is -2.28. The molecule has 4 aromatic rings. The van der Waals surface area contributed by atoms with Crippen LogP contribution in [-0.4, -0.2) is 35.9 Å². The fourth-order valence-electron chi connectivity index (χ4n) is 3.15.